The number of nitrogens with one attached hydrogen (secondary N) is 2. The van der Waals surface area contributed by atoms with Crippen molar-refractivity contribution in [2.45, 2.75) is 32.1 Å². The highest BCUT2D eigenvalue weighted by Crippen LogP contribution is 2.22. The number of para-hydroxylation sites is 2. The van der Waals surface area contributed by atoms with E-state index in [4.69, 9.17) is 0 Å². The third kappa shape index (κ3) is 2.58. The van der Waals surface area contributed by atoms with Crippen LogP contribution in [0.25, 0.3) is 11.0 Å². The number of nitrogens with zero attached hydrogens (tertiary/aromatic N) is 3. The maximum absolute atomic E-state index is 12.3. The summed E-state index contributed by atoms with van der Waals surface area (Å²) < 4.78 is 2.12. The molecular weight excluding hydrogens is 302 g/mol. The molecule has 6 heteroatoms. The number of benzene rings is 1. The first-order valence-electron chi connectivity index (χ1n) is 8.48. The van der Waals surface area contributed by atoms with Crippen LogP contribution in [0.3, 0.4) is 0 Å². The normalized spacial score (nSPS) is 13.4. The first-order chi connectivity index (χ1) is 11.7. The van der Waals surface area contributed by atoms with Gasteiger partial charge in [0, 0.05) is 31.3 Å². The largest absolute Gasteiger partial charge is 0.351 e. The molecule has 4 rings (SSSR count). The van der Waals surface area contributed by atoms with Gasteiger partial charge in [0.15, 0.2) is 5.69 Å². The summed E-state index contributed by atoms with van der Waals surface area (Å²) in [5, 5.41) is 10.1. The lowest BCUT2D eigenvalue weighted by atomic mass is 10.2. The summed E-state index contributed by atoms with van der Waals surface area (Å²) in [5.41, 5.74) is 4.96. The number of amides is 1. The molecule has 2 heterocycles. The van der Waals surface area contributed by atoms with Crippen molar-refractivity contribution in [3.63, 3.8) is 0 Å². The maximum atomic E-state index is 12.3. The molecule has 0 fully saturated rings. The smallest absolute Gasteiger partial charge is 0.272 e. The fraction of sp³-hybridized carbons (Fsp3) is 0.389. The minimum atomic E-state index is -0.0700. The van der Waals surface area contributed by atoms with Crippen LogP contribution in [-0.4, -0.2) is 32.2 Å². The molecule has 1 aliphatic rings. The van der Waals surface area contributed by atoms with Gasteiger partial charge in [0.1, 0.15) is 5.82 Å². The van der Waals surface area contributed by atoms with Crippen LogP contribution in [0.1, 0.15) is 40.4 Å². The van der Waals surface area contributed by atoms with Crippen LogP contribution >= 0.6 is 0 Å². The van der Waals surface area contributed by atoms with Gasteiger partial charge in [-0.3, -0.25) is 9.89 Å². The van der Waals surface area contributed by atoms with Crippen LogP contribution in [-0.2, 0) is 26.3 Å². The molecule has 1 amide bonds. The van der Waals surface area contributed by atoms with Gasteiger partial charge in [-0.25, -0.2) is 4.98 Å². The van der Waals surface area contributed by atoms with E-state index in [1.165, 1.54) is 0 Å². The van der Waals surface area contributed by atoms with Gasteiger partial charge in [-0.1, -0.05) is 12.1 Å². The Kier molecular flexibility index (Phi) is 3.80. The quantitative estimate of drug-likeness (QED) is 0.706. The molecule has 0 atom stereocenters. The molecule has 2 aromatic heterocycles. The van der Waals surface area contributed by atoms with Crippen molar-refractivity contribution in [1.29, 1.82) is 0 Å². The average Bonchev–Trinajstić information content (AvgIpc) is 3.27. The zero-order valence-corrected chi connectivity index (χ0v) is 13.8. The van der Waals surface area contributed by atoms with E-state index in [1.54, 1.807) is 0 Å². The Morgan fingerprint density at radius 3 is 3.08 bits per heavy atom. The molecule has 6 nitrogen and oxygen atoms in total. The fourth-order valence-electron chi connectivity index (χ4n) is 3.46. The van der Waals surface area contributed by atoms with Crippen molar-refractivity contribution in [1.82, 2.24) is 25.1 Å². The second-order valence-corrected chi connectivity index (χ2v) is 6.32. The summed E-state index contributed by atoms with van der Waals surface area (Å²) in [4.78, 5) is 16.9. The van der Waals surface area contributed by atoms with Crippen LogP contribution in [0.2, 0.25) is 0 Å². The SMILES string of the molecule is Cn1c(CCCNC(=O)c2n[nH]c3c2CCC3)nc2ccccc21. The molecule has 1 aromatic carbocycles. The first-order valence-corrected chi connectivity index (χ1v) is 8.48. The van der Waals surface area contributed by atoms with Gasteiger partial charge < -0.3 is 9.88 Å². The van der Waals surface area contributed by atoms with E-state index in [-0.39, 0.29) is 5.91 Å². The van der Waals surface area contributed by atoms with Crippen LogP contribution in [0, 0.1) is 0 Å². The molecule has 2 N–H and O–H groups in total. The van der Waals surface area contributed by atoms with E-state index < -0.39 is 0 Å². The van der Waals surface area contributed by atoms with Gasteiger partial charge in [0.05, 0.1) is 11.0 Å². The third-order valence-corrected chi connectivity index (χ3v) is 4.76. The van der Waals surface area contributed by atoms with Crippen molar-refractivity contribution in [3.05, 3.63) is 47.0 Å². The molecule has 0 unspecified atom stereocenters. The predicted octanol–water partition coefficient (Wildman–Crippen LogP) is 2.15. The Morgan fingerprint density at radius 1 is 1.33 bits per heavy atom. The van der Waals surface area contributed by atoms with E-state index in [0.717, 1.165) is 60.2 Å². The number of hydrogen-bond acceptors (Lipinski definition) is 3. The summed E-state index contributed by atoms with van der Waals surface area (Å²) in [6, 6.07) is 8.13. The van der Waals surface area contributed by atoms with E-state index in [0.29, 0.717) is 12.2 Å². The summed E-state index contributed by atoms with van der Waals surface area (Å²) in [6.45, 7) is 0.629. The lowest BCUT2D eigenvalue weighted by molar-refractivity contribution is 0.0947. The molecule has 124 valence electrons. The highest BCUT2D eigenvalue weighted by molar-refractivity contribution is 5.94. The number of fused-ring (bicyclic) bond motifs is 2. The standard InChI is InChI=1S/C18H21N5O/c1-23-15-9-3-2-7-14(15)20-16(23)10-5-11-19-18(24)17-12-6-4-8-13(12)21-22-17/h2-3,7,9H,4-6,8,10-11H2,1H3,(H,19,24)(H,21,22). The van der Waals surface area contributed by atoms with Crippen molar-refractivity contribution in [3.8, 4) is 0 Å². The number of carbonyl (C=O) groups excluding carboxylic acids is 1. The Morgan fingerprint density at radius 2 is 2.21 bits per heavy atom. The topological polar surface area (TPSA) is 75.6 Å². The number of H-pyrrole nitrogens is 1. The molecule has 1 aliphatic carbocycles. The molecule has 0 spiro atoms. The molecule has 0 radical (unpaired) electrons. The molecule has 24 heavy (non-hydrogen) atoms. The Balaban J connectivity index is 1.34. The van der Waals surface area contributed by atoms with Gasteiger partial charge in [0.25, 0.3) is 5.91 Å². The summed E-state index contributed by atoms with van der Waals surface area (Å²) in [5.74, 6) is 0.977. The number of hydrogen-bond donors (Lipinski definition) is 2. The molecule has 3 aromatic rings. The van der Waals surface area contributed by atoms with Crippen LogP contribution in [0.5, 0.6) is 0 Å². The van der Waals surface area contributed by atoms with E-state index >= 15 is 0 Å². The average molecular weight is 323 g/mol. The molecule has 0 bridgehead atoms. The fourth-order valence-corrected chi connectivity index (χ4v) is 3.46. The van der Waals surface area contributed by atoms with Crippen LogP contribution in [0.4, 0.5) is 0 Å². The number of carbonyl (C=O) groups is 1. The van der Waals surface area contributed by atoms with Crippen molar-refractivity contribution in [2.75, 3.05) is 6.54 Å². The second-order valence-electron chi connectivity index (χ2n) is 6.32. The van der Waals surface area contributed by atoms with Gasteiger partial charge >= 0.3 is 0 Å². The predicted molar refractivity (Wildman–Crippen MR) is 92.0 cm³/mol. The summed E-state index contributed by atoms with van der Waals surface area (Å²) >= 11 is 0. The van der Waals surface area contributed by atoms with E-state index in [9.17, 15) is 4.79 Å². The number of imidazole rings is 1. The lowest BCUT2D eigenvalue weighted by Gasteiger charge is -2.05. The summed E-state index contributed by atoms with van der Waals surface area (Å²) in [7, 11) is 2.04. The highest BCUT2D eigenvalue weighted by atomic mass is 16.1. The molecule has 0 aliphatic heterocycles. The molecule has 0 saturated carbocycles. The van der Waals surface area contributed by atoms with Gasteiger partial charge in [-0.15, -0.1) is 0 Å². The van der Waals surface area contributed by atoms with Gasteiger partial charge in [-0.05, 0) is 37.8 Å². The van der Waals surface area contributed by atoms with Crippen LogP contribution in [0.15, 0.2) is 24.3 Å². The van der Waals surface area contributed by atoms with E-state index in [1.807, 2.05) is 25.2 Å². The van der Waals surface area contributed by atoms with Crippen molar-refractivity contribution < 1.29 is 4.79 Å². The number of rotatable bonds is 5. The summed E-state index contributed by atoms with van der Waals surface area (Å²) in [6.07, 6.45) is 4.76. The zero-order valence-electron chi connectivity index (χ0n) is 13.8. The monoisotopic (exact) mass is 323 g/mol. The Bertz CT molecular complexity index is 892. The minimum absolute atomic E-state index is 0.0700. The molecular formula is C18H21N5O. The van der Waals surface area contributed by atoms with Crippen molar-refractivity contribution >= 4 is 16.9 Å². The van der Waals surface area contributed by atoms with Crippen molar-refractivity contribution in [2.24, 2.45) is 7.05 Å². The van der Waals surface area contributed by atoms with Gasteiger partial charge in [-0.2, -0.15) is 5.10 Å². The Hall–Kier alpha value is -2.63. The lowest BCUT2D eigenvalue weighted by Crippen LogP contribution is -2.26. The number of aromatic nitrogens is 4. The van der Waals surface area contributed by atoms with E-state index in [2.05, 4.69) is 31.1 Å². The minimum Gasteiger partial charge on any atom is -0.351 e. The molecule has 0 saturated heterocycles. The number of aryl methyl sites for hydroxylation is 3. The maximum Gasteiger partial charge on any atom is 0.272 e. The third-order valence-electron chi connectivity index (χ3n) is 4.76. The zero-order chi connectivity index (χ0) is 16.5. The van der Waals surface area contributed by atoms with Gasteiger partial charge in [0.2, 0.25) is 0 Å². The Labute approximate surface area is 140 Å². The highest BCUT2D eigenvalue weighted by Gasteiger charge is 2.22. The second kappa shape index (κ2) is 6.11. The number of aromatic amines is 1. The van der Waals surface area contributed by atoms with Crippen LogP contribution < -0.4 is 5.32 Å². The first kappa shape index (κ1) is 14.9.